The van der Waals surface area contributed by atoms with Crippen LogP contribution in [0.15, 0.2) is 28.7 Å². The van der Waals surface area contributed by atoms with Crippen molar-refractivity contribution in [3.05, 3.63) is 34.3 Å². The van der Waals surface area contributed by atoms with Crippen LogP contribution < -0.4 is 5.32 Å². The van der Waals surface area contributed by atoms with E-state index >= 15 is 0 Å². The smallest absolute Gasteiger partial charge is 0.248 e. The van der Waals surface area contributed by atoms with Crippen LogP contribution in [0.2, 0.25) is 0 Å². The second-order valence-electron chi connectivity index (χ2n) is 4.76. The molecule has 0 radical (unpaired) electrons. The van der Waals surface area contributed by atoms with E-state index in [-0.39, 0.29) is 11.3 Å². The van der Waals surface area contributed by atoms with E-state index < -0.39 is 6.10 Å². The highest BCUT2D eigenvalue weighted by Gasteiger charge is 2.24. The number of benzene rings is 1. The van der Waals surface area contributed by atoms with Crippen LogP contribution in [0.25, 0.3) is 0 Å². The van der Waals surface area contributed by atoms with Gasteiger partial charge in [-0.15, -0.1) is 0 Å². The van der Waals surface area contributed by atoms with E-state index in [1.54, 1.807) is 0 Å². The summed E-state index contributed by atoms with van der Waals surface area (Å²) >= 11 is 3.51. The molecule has 2 N–H and O–H groups in total. The molecule has 0 saturated carbocycles. The van der Waals surface area contributed by atoms with Gasteiger partial charge in [0.1, 0.15) is 6.10 Å². The number of nitrogens with one attached hydrogen (secondary N) is 1. The van der Waals surface area contributed by atoms with Gasteiger partial charge in [0.15, 0.2) is 0 Å². The van der Waals surface area contributed by atoms with Crippen molar-refractivity contribution in [1.29, 1.82) is 0 Å². The minimum absolute atomic E-state index is 0.190. The lowest BCUT2D eigenvalue weighted by molar-refractivity contribution is -0.128. The Bertz CT molecular complexity index is 402. The Morgan fingerprint density at radius 2 is 2.06 bits per heavy atom. The van der Waals surface area contributed by atoms with Crippen molar-refractivity contribution >= 4 is 21.8 Å². The summed E-state index contributed by atoms with van der Waals surface area (Å²) in [6.07, 6.45) is -0.968. The first-order chi connectivity index (χ1) is 7.84. The van der Waals surface area contributed by atoms with Crippen LogP contribution in [0.4, 0.5) is 0 Å². The van der Waals surface area contributed by atoms with Crippen molar-refractivity contribution in [2.75, 3.05) is 6.54 Å². The van der Waals surface area contributed by atoms with Crippen LogP contribution >= 0.6 is 15.9 Å². The molecule has 0 saturated heterocycles. The molecular weight excluding hydrogens is 282 g/mol. The summed E-state index contributed by atoms with van der Waals surface area (Å²) in [6, 6.07) is 7.93. The summed E-state index contributed by atoms with van der Waals surface area (Å²) in [7, 11) is 0. The number of carbonyl (C=O) groups excluding carboxylic acids is 1. The first-order valence-corrected chi connectivity index (χ1v) is 6.34. The number of amides is 1. The van der Waals surface area contributed by atoms with E-state index in [1.165, 1.54) is 6.92 Å². The molecule has 4 heteroatoms. The molecule has 0 aromatic heterocycles. The number of carbonyl (C=O) groups is 1. The lowest BCUT2D eigenvalue weighted by atomic mass is 9.84. The minimum Gasteiger partial charge on any atom is -0.384 e. The molecule has 0 aliphatic rings. The first kappa shape index (κ1) is 14.2. The Morgan fingerprint density at radius 1 is 1.47 bits per heavy atom. The first-order valence-electron chi connectivity index (χ1n) is 5.55. The molecule has 0 fully saturated rings. The molecule has 0 aliphatic carbocycles. The molecule has 1 aromatic rings. The maximum atomic E-state index is 11.3. The van der Waals surface area contributed by atoms with Crippen LogP contribution in [0.5, 0.6) is 0 Å². The van der Waals surface area contributed by atoms with Crippen molar-refractivity contribution in [1.82, 2.24) is 5.32 Å². The number of aliphatic hydroxyl groups excluding tert-OH is 1. The highest BCUT2D eigenvalue weighted by Crippen LogP contribution is 2.29. The molecule has 0 aliphatic heterocycles. The van der Waals surface area contributed by atoms with Gasteiger partial charge in [0.2, 0.25) is 5.91 Å². The van der Waals surface area contributed by atoms with Crippen molar-refractivity contribution in [2.45, 2.75) is 32.3 Å². The van der Waals surface area contributed by atoms with Gasteiger partial charge in [-0.05, 0) is 18.6 Å². The quantitative estimate of drug-likeness (QED) is 0.896. The lowest BCUT2D eigenvalue weighted by Gasteiger charge is -2.27. The van der Waals surface area contributed by atoms with Crippen LogP contribution in [0.3, 0.4) is 0 Å². The third-order valence-electron chi connectivity index (χ3n) is 2.69. The molecule has 1 atom stereocenters. The number of hydrogen-bond donors (Lipinski definition) is 2. The summed E-state index contributed by atoms with van der Waals surface area (Å²) in [6.45, 7) is 6.05. The molecule has 0 spiro atoms. The van der Waals surface area contributed by atoms with Gasteiger partial charge in [0, 0.05) is 16.4 Å². The zero-order valence-electron chi connectivity index (χ0n) is 10.3. The Labute approximate surface area is 110 Å². The van der Waals surface area contributed by atoms with E-state index in [0.717, 1.165) is 10.0 Å². The zero-order chi connectivity index (χ0) is 13.1. The van der Waals surface area contributed by atoms with Crippen LogP contribution in [-0.4, -0.2) is 23.7 Å². The van der Waals surface area contributed by atoms with Gasteiger partial charge in [-0.3, -0.25) is 4.79 Å². The van der Waals surface area contributed by atoms with E-state index in [9.17, 15) is 4.79 Å². The van der Waals surface area contributed by atoms with Crippen LogP contribution in [0, 0.1) is 0 Å². The van der Waals surface area contributed by atoms with Gasteiger partial charge in [-0.25, -0.2) is 0 Å². The second-order valence-corrected chi connectivity index (χ2v) is 5.61. The number of halogens is 1. The lowest BCUT2D eigenvalue weighted by Crippen LogP contribution is -2.40. The third-order valence-corrected chi connectivity index (χ3v) is 3.38. The fourth-order valence-electron chi connectivity index (χ4n) is 1.56. The zero-order valence-corrected chi connectivity index (χ0v) is 11.9. The molecule has 0 bridgehead atoms. The third kappa shape index (κ3) is 3.82. The maximum absolute atomic E-state index is 11.3. The fraction of sp³-hybridized carbons (Fsp3) is 0.462. The summed E-state index contributed by atoms with van der Waals surface area (Å²) in [4.78, 5) is 11.3. The Kier molecular flexibility index (Phi) is 4.71. The monoisotopic (exact) mass is 299 g/mol. The molecule has 1 rings (SSSR count). The molecule has 0 heterocycles. The summed E-state index contributed by atoms with van der Waals surface area (Å²) < 4.78 is 1.02. The molecule has 3 nitrogen and oxygen atoms in total. The number of hydrogen-bond acceptors (Lipinski definition) is 2. The topological polar surface area (TPSA) is 49.3 Å². The SMILES string of the molecule is CC(O)C(=O)NCC(C)(C)c1ccccc1Br. The van der Waals surface area contributed by atoms with Crippen LogP contribution in [-0.2, 0) is 10.2 Å². The Hall–Kier alpha value is -0.870. The molecule has 1 aromatic carbocycles. The Balaban J connectivity index is 2.76. The van der Waals surface area contributed by atoms with Crippen molar-refractivity contribution in [3.63, 3.8) is 0 Å². The second kappa shape index (κ2) is 5.65. The van der Waals surface area contributed by atoms with Crippen LogP contribution in [0.1, 0.15) is 26.3 Å². The summed E-state index contributed by atoms with van der Waals surface area (Å²) in [5.41, 5.74) is 0.941. The van der Waals surface area contributed by atoms with Gasteiger partial charge in [-0.1, -0.05) is 48.0 Å². The average molecular weight is 300 g/mol. The fourth-order valence-corrected chi connectivity index (χ4v) is 2.38. The summed E-state index contributed by atoms with van der Waals surface area (Å²) in [5.74, 6) is -0.342. The highest BCUT2D eigenvalue weighted by molar-refractivity contribution is 9.10. The molecule has 17 heavy (non-hydrogen) atoms. The largest absolute Gasteiger partial charge is 0.384 e. The van der Waals surface area contributed by atoms with Crippen molar-refractivity contribution in [3.8, 4) is 0 Å². The van der Waals surface area contributed by atoms with Gasteiger partial charge < -0.3 is 10.4 Å². The summed E-state index contributed by atoms with van der Waals surface area (Å²) in [5, 5.41) is 11.9. The van der Waals surface area contributed by atoms with Gasteiger partial charge in [0.05, 0.1) is 0 Å². The highest BCUT2D eigenvalue weighted by atomic mass is 79.9. The van der Waals surface area contributed by atoms with Crippen molar-refractivity contribution in [2.24, 2.45) is 0 Å². The van der Waals surface area contributed by atoms with E-state index in [0.29, 0.717) is 6.54 Å². The molecular formula is C13H18BrNO2. The normalized spacial score (nSPS) is 13.2. The van der Waals surface area contributed by atoms with E-state index in [2.05, 4.69) is 35.1 Å². The molecule has 94 valence electrons. The minimum atomic E-state index is -0.968. The van der Waals surface area contributed by atoms with Gasteiger partial charge >= 0.3 is 0 Å². The number of aliphatic hydroxyl groups is 1. The van der Waals surface area contributed by atoms with Crippen molar-refractivity contribution < 1.29 is 9.90 Å². The van der Waals surface area contributed by atoms with Gasteiger partial charge in [-0.2, -0.15) is 0 Å². The van der Waals surface area contributed by atoms with Gasteiger partial charge in [0.25, 0.3) is 0 Å². The predicted octanol–water partition coefficient (Wildman–Crippen LogP) is 2.22. The standard InChI is InChI=1S/C13H18BrNO2/c1-9(16)12(17)15-8-13(2,3)10-6-4-5-7-11(10)14/h4-7,9,16H,8H2,1-3H3,(H,15,17). The van der Waals surface area contributed by atoms with E-state index in [1.807, 2.05) is 24.3 Å². The van der Waals surface area contributed by atoms with E-state index in [4.69, 9.17) is 5.11 Å². The molecule has 1 amide bonds. The predicted molar refractivity (Wildman–Crippen MR) is 71.9 cm³/mol. The Morgan fingerprint density at radius 3 is 2.59 bits per heavy atom. The average Bonchev–Trinajstić information content (AvgIpc) is 2.26. The number of rotatable bonds is 4. The maximum Gasteiger partial charge on any atom is 0.248 e. The molecule has 1 unspecified atom stereocenters.